The molecule has 3 aromatic rings. The van der Waals surface area contributed by atoms with E-state index < -0.39 is 0 Å². The third-order valence-corrected chi connectivity index (χ3v) is 6.10. The van der Waals surface area contributed by atoms with Crippen LogP contribution in [0.1, 0.15) is 29.8 Å². The lowest BCUT2D eigenvalue weighted by Crippen LogP contribution is -2.49. The lowest BCUT2D eigenvalue weighted by molar-refractivity contribution is 0.207. The van der Waals surface area contributed by atoms with E-state index in [1.54, 1.807) is 22.8 Å². The number of aromatic nitrogens is 1. The molecule has 2 aromatic carbocycles. The van der Waals surface area contributed by atoms with Crippen LogP contribution in [0, 0.1) is 12.7 Å². The molecule has 0 bridgehead atoms. The number of piperazine rings is 1. The van der Waals surface area contributed by atoms with Gasteiger partial charge >= 0.3 is 0 Å². The second-order valence-electron chi connectivity index (χ2n) is 7.95. The minimum atomic E-state index is -0.331. The van der Waals surface area contributed by atoms with E-state index in [0.29, 0.717) is 12.1 Å². The maximum atomic E-state index is 13.3. The average Bonchev–Trinajstić information content (AvgIpc) is 2.78. The Morgan fingerprint density at radius 1 is 1.00 bits per heavy atom. The predicted octanol–water partition coefficient (Wildman–Crippen LogP) is 3.93. The van der Waals surface area contributed by atoms with Crippen molar-refractivity contribution < 1.29 is 9.50 Å². The first-order chi connectivity index (χ1) is 15.0. The average molecular weight is 422 g/mol. The number of pyridine rings is 1. The van der Waals surface area contributed by atoms with E-state index >= 15 is 0 Å². The summed E-state index contributed by atoms with van der Waals surface area (Å²) in [5.74, 6) is -0.199. The van der Waals surface area contributed by atoms with E-state index in [9.17, 15) is 14.3 Å². The Balaban J connectivity index is 1.69. The van der Waals surface area contributed by atoms with Gasteiger partial charge in [0.2, 0.25) is 0 Å². The zero-order valence-corrected chi connectivity index (χ0v) is 18.0. The summed E-state index contributed by atoms with van der Waals surface area (Å²) in [6, 6.07) is 17.8. The van der Waals surface area contributed by atoms with Crippen molar-refractivity contribution in [2.45, 2.75) is 26.4 Å². The SMILES string of the molecule is CCn1c(C)cc(O)c([C@@H](c2ccccc2)N2CCN(c3ccc(F)cc3)CC2)c1=O. The summed E-state index contributed by atoms with van der Waals surface area (Å²) in [6.45, 7) is 7.28. The second-order valence-corrected chi connectivity index (χ2v) is 7.95. The summed E-state index contributed by atoms with van der Waals surface area (Å²) in [6.07, 6.45) is 0. The molecule has 1 aliphatic rings. The summed E-state index contributed by atoms with van der Waals surface area (Å²) in [5, 5.41) is 10.8. The van der Waals surface area contributed by atoms with Crippen molar-refractivity contribution in [2.24, 2.45) is 0 Å². The molecular formula is C25H28FN3O2. The van der Waals surface area contributed by atoms with Crippen molar-refractivity contribution >= 4 is 5.69 Å². The first-order valence-corrected chi connectivity index (χ1v) is 10.7. The van der Waals surface area contributed by atoms with Crippen molar-refractivity contribution in [3.63, 3.8) is 0 Å². The van der Waals surface area contributed by atoms with Crippen LogP contribution < -0.4 is 10.5 Å². The minimum absolute atomic E-state index is 0.0435. The zero-order chi connectivity index (χ0) is 22.0. The van der Waals surface area contributed by atoms with Gasteiger partial charge in [0.05, 0.1) is 11.6 Å². The smallest absolute Gasteiger partial charge is 0.259 e. The van der Waals surface area contributed by atoms with Crippen LogP contribution in [0.2, 0.25) is 0 Å². The van der Waals surface area contributed by atoms with Gasteiger partial charge in [0.15, 0.2) is 0 Å². The Kier molecular flexibility index (Phi) is 6.09. The molecule has 0 unspecified atom stereocenters. The molecule has 1 saturated heterocycles. The normalized spacial score (nSPS) is 15.8. The zero-order valence-electron chi connectivity index (χ0n) is 18.0. The number of aryl methyl sites for hydroxylation is 1. The Morgan fingerprint density at radius 2 is 1.65 bits per heavy atom. The number of hydrogen-bond acceptors (Lipinski definition) is 4. The summed E-state index contributed by atoms with van der Waals surface area (Å²) in [5.41, 5.74) is 3.01. The Labute approximate surface area is 182 Å². The maximum Gasteiger partial charge on any atom is 0.259 e. The maximum absolute atomic E-state index is 13.3. The van der Waals surface area contributed by atoms with Gasteiger partial charge in [-0.05, 0) is 49.7 Å². The van der Waals surface area contributed by atoms with Crippen molar-refractivity contribution in [3.05, 3.63) is 93.7 Å². The van der Waals surface area contributed by atoms with Gasteiger partial charge in [-0.2, -0.15) is 0 Å². The molecule has 0 aliphatic carbocycles. The third-order valence-electron chi connectivity index (χ3n) is 6.10. The summed E-state index contributed by atoms with van der Waals surface area (Å²) < 4.78 is 15.0. The van der Waals surface area contributed by atoms with E-state index in [2.05, 4.69) is 9.80 Å². The van der Waals surface area contributed by atoms with Gasteiger partial charge < -0.3 is 14.6 Å². The van der Waals surface area contributed by atoms with Gasteiger partial charge in [-0.3, -0.25) is 9.69 Å². The summed E-state index contributed by atoms with van der Waals surface area (Å²) in [7, 11) is 0. The van der Waals surface area contributed by atoms with Crippen molar-refractivity contribution in [1.82, 2.24) is 9.47 Å². The highest BCUT2D eigenvalue weighted by molar-refractivity contribution is 5.47. The van der Waals surface area contributed by atoms with Crippen LogP contribution in [0.15, 0.2) is 65.5 Å². The summed E-state index contributed by atoms with van der Waals surface area (Å²) >= 11 is 0. The second kappa shape index (κ2) is 8.94. The van der Waals surface area contributed by atoms with E-state index in [1.807, 2.05) is 44.2 Å². The molecule has 162 valence electrons. The van der Waals surface area contributed by atoms with Crippen LogP contribution in [0.5, 0.6) is 5.75 Å². The molecule has 1 aliphatic heterocycles. The lowest BCUT2D eigenvalue weighted by atomic mass is 9.96. The first-order valence-electron chi connectivity index (χ1n) is 10.7. The first kappa shape index (κ1) is 21.1. The molecule has 0 amide bonds. The molecule has 1 N–H and O–H groups in total. The van der Waals surface area contributed by atoms with Gasteiger partial charge in [0.1, 0.15) is 11.6 Å². The van der Waals surface area contributed by atoms with E-state index in [-0.39, 0.29) is 23.2 Å². The van der Waals surface area contributed by atoms with Gasteiger partial charge in [0, 0.05) is 44.1 Å². The van der Waals surface area contributed by atoms with Gasteiger partial charge in [-0.1, -0.05) is 30.3 Å². The molecule has 6 heteroatoms. The molecule has 1 aromatic heterocycles. The number of rotatable bonds is 5. The number of anilines is 1. The molecule has 5 nitrogen and oxygen atoms in total. The molecule has 0 radical (unpaired) electrons. The highest BCUT2D eigenvalue weighted by Gasteiger charge is 2.31. The lowest BCUT2D eigenvalue weighted by Gasteiger charge is -2.40. The predicted molar refractivity (Wildman–Crippen MR) is 121 cm³/mol. The van der Waals surface area contributed by atoms with E-state index in [0.717, 1.165) is 43.1 Å². The molecule has 1 atom stereocenters. The molecule has 2 heterocycles. The van der Waals surface area contributed by atoms with Gasteiger partial charge in [-0.15, -0.1) is 0 Å². The fourth-order valence-electron chi connectivity index (χ4n) is 4.50. The molecular weight excluding hydrogens is 393 g/mol. The fraction of sp³-hybridized carbons (Fsp3) is 0.320. The van der Waals surface area contributed by atoms with Gasteiger partial charge in [-0.25, -0.2) is 4.39 Å². The molecule has 0 spiro atoms. The standard InChI is InChI=1S/C25H28FN3O2/c1-3-29-18(2)17-22(30)23(25(29)31)24(19-7-5-4-6-8-19)28-15-13-27(14-16-28)21-11-9-20(26)10-12-21/h4-12,17,24,30H,3,13-16H2,1-2H3/t24-/m1/s1. The van der Waals surface area contributed by atoms with Crippen LogP contribution in [-0.2, 0) is 6.54 Å². The topological polar surface area (TPSA) is 48.7 Å². The van der Waals surface area contributed by atoms with E-state index in [1.165, 1.54) is 12.1 Å². The van der Waals surface area contributed by atoms with Crippen molar-refractivity contribution in [3.8, 4) is 5.75 Å². The monoisotopic (exact) mass is 421 g/mol. The molecule has 4 rings (SSSR count). The number of halogens is 1. The van der Waals surface area contributed by atoms with Crippen LogP contribution >= 0.6 is 0 Å². The number of aromatic hydroxyl groups is 1. The Morgan fingerprint density at radius 3 is 2.26 bits per heavy atom. The van der Waals surface area contributed by atoms with Crippen molar-refractivity contribution in [2.75, 3.05) is 31.1 Å². The third kappa shape index (κ3) is 4.21. The minimum Gasteiger partial charge on any atom is -0.507 e. The molecule has 31 heavy (non-hydrogen) atoms. The highest BCUT2D eigenvalue weighted by Crippen LogP contribution is 2.33. The quantitative estimate of drug-likeness (QED) is 0.678. The largest absolute Gasteiger partial charge is 0.507 e. The van der Waals surface area contributed by atoms with Crippen LogP contribution in [0.3, 0.4) is 0 Å². The molecule has 1 fully saturated rings. The van der Waals surface area contributed by atoms with E-state index in [4.69, 9.17) is 0 Å². The summed E-state index contributed by atoms with van der Waals surface area (Å²) in [4.78, 5) is 17.8. The number of hydrogen-bond donors (Lipinski definition) is 1. The van der Waals surface area contributed by atoms with Crippen LogP contribution in [0.25, 0.3) is 0 Å². The van der Waals surface area contributed by atoms with Crippen LogP contribution in [-0.4, -0.2) is 40.8 Å². The number of nitrogens with zero attached hydrogens (tertiary/aromatic N) is 3. The molecule has 0 saturated carbocycles. The Hall–Kier alpha value is -3.12. The van der Waals surface area contributed by atoms with Gasteiger partial charge in [0.25, 0.3) is 5.56 Å². The van der Waals surface area contributed by atoms with Crippen molar-refractivity contribution in [1.29, 1.82) is 0 Å². The fourth-order valence-corrected chi connectivity index (χ4v) is 4.50. The Bertz CT molecular complexity index is 1090. The van der Waals surface area contributed by atoms with Crippen LogP contribution in [0.4, 0.5) is 10.1 Å². The number of benzene rings is 2. The highest BCUT2D eigenvalue weighted by atomic mass is 19.1.